The zero-order chi connectivity index (χ0) is 14.8. The van der Waals surface area contributed by atoms with Gasteiger partial charge in [0.05, 0.1) is 10.0 Å². The highest BCUT2D eigenvalue weighted by Crippen LogP contribution is 2.32. The SMILES string of the molecule is CCN(Cc1c(N)ccc(Cl)c1Cl)C(C)(C)C(=O)O. The smallest absolute Gasteiger partial charge is 0.323 e. The lowest BCUT2D eigenvalue weighted by Crippen LogP contribution is -2.49. The zero-order valence-corrected chi connectivity index (χ0v) is 12.7. The van der Waals surface area contributed by atoms with Gasteiger partial charge in [0, 0.05) is 17.8 Å². The maximum Gasteiger partial charge on any atom is 0.323 e. The number of hydrogen-bond donors (Lipinski definition) is 2. The van der Waals surface area contributed by atoms with Crippen LogP contribution in [0, 0.1) is 0 Å². The van der Waals surface area contributed by atoms with E-state index in [1.165, 1.54) is 0 Å². The van der Waals surface area contributed by atoms with Gasteiger partial charge in [-0.2, -0.15) is 0 Å². The summed E-state index contributed by atoms with van der Waals surface area (Å²) in [5.74, 6) is -0.897. The van der Waals surface area contributed by atoms with Crippen molar-refractivity contribution in [2.24, 2.45) is 0 Å². The van der Waals surface area contributed by atoms with Crippen molar-refractivity contribution >= 4 is 34.9 Å². The van der Waals surface area contributed by atoms with Gasteiger partial charge in [0.1, 0.15) is 5.54 Å². The number of carbonyl (C=O) groups is 1. The first-order valence-electron chi connectivity index (χ1n) is 5.92. The average Bonchev–Trinajstić information content (AvgIpc) is 2.34. The van der Waals surface area contributed by atoms with E-state index < -0.39 is 11.5 Å². The van der Waals surface area contributed by atoms with E-state index in [4.69, 9.17) is 28.9 Å². The Bertz CT molecular complexity index is 490. The number of carboxylic acids is 1. The first-order valence-corrected chi connectivity index (χ1v) is 6.68. The molecule has 106 valence electrons. The fourth-order valence-corrected chi connectivity index (χ4v) is 2.21. The Balaban J connectivity index is 3.13. The molecule has 1 aromatic rings. The fraction of sp³-hybridized carbons (Fsp3) is 0.462. The molecule has 0 saturated heterocycles. The molecule has 4 nitrogen and oxygen atoms in total. The van der Waals surface area contributed by atoms with Crippen molar-refractivity contribution in [3.63, 3.8) is 0 Å². The molecule has 0 aliphatic rings. The third-order valence-electron chi connectivity index (χ3n) is 3.28. The number of nitrogens with two attached hydrogens (primary N) is 1. The first kappa shape index (κ1) is 16.1. The number of hydrogen-bond acceptors (Lipinski definition) is 3. The molecule has 3 N–H and O–H groups in total. The maximum atomic E-state index is 11.3. The van der Waals surface area contributed by atoms with Crippen molar-refractivity contribution in [1.82, 2.24) is 4.90 Å². The number of benzene rings is 1. The predicted molar refractivity (Wildman–Crippen MR) is 78.7 cm³/mol. The molecule has 0 radical (unpaired) electrons. The van der Waals surface area contributed by atoms with Crippen LogP contribution in [0.4, 0.5) is 5.69 Å². The second-order valence-electron chi connectivity index (χ2n) is 4.81. The van der Waals surface area contributed by atoms with Crippen molar-refractivity contribution in [2.45, 2.75) is 32.9 Å². The van der Waals surface area contributed by atoms with E-state index in [2.05, 4.69) is 0 Å². The highest BCUT2D eigenvalue weighted by molar-refractivity contribution is 6.42. The topological polar surface area (TPSA) is 66.6 Å². The Labute approximate surface area is 123 Å². The van der Waals surface area contributed by atoms with Crippen LogP contribution in [-0.2, 0) is 11.3 Å². The molecule has 1 aromatic carbocycles. The summed E-state index contributed by atoms with van der Waals surface area (Å²) in [5, 5.41) is 10.1. The third-order valence-corrected chi connectivity index (χ3v) is 4.12. The van der Waals surface area contributed by atoms with E-state index in [1.807, 2.05) is 6.92 Å². The Hall–Kier alpha value is -0.970. The quantitative estimate of drug-likeness (QED) is 0.819. The number of halogens is 2. The lowest BCUT2D eigenvalue weighted by Gasteiger charge is -2.34. The Morgan fingerprint density at radius 1 is 1.42 bits per heavy atom. The van der Waals surface area contributed by atoms with Crippen LogP contribution < -0.4 is 5.73 Å². The molecule has 0 amide bonds. The van der Waals surface area contributed by atoms with Crippen molar-refractivity contribution in [1.29, 1.82) is 0 Å². The molecule has 0 aliphatic heterocycles. The van der Waals surface area contributed by atoms with Crippen molar-refractivity contribution in [3.8, 4) is 0 Å². The Morgan fingerprint density at radius 3 is 2.47 bits per heavy atom. The molecule has 0 heterocycles. The number of nitrogen functional groups attached to an aromatic ring is 1. The standard InChI is InChI=1S/C13H18Cl2N2O2/c1-4-17(13(2,3)12(18)19)7-8-10(16)6-5-9(14)11(8)15/h5-6H,4,7,16H2,1-3H3,(H,18,19). The number of anilines is 1. The minimum atomic E-state index is -1.01. The molecular weight excluding hydrogens is 287 g/mol. The normalized spacial score (nSPS) is 11.9. The van der Waals surface area contributed by atoms with Crippen LogP contribution in [-0.4, -0.2) is 28.1 Å². The van der Waals surface area contributed by atoms with Gasteiger partial charge < -0.3 is 10.8 Å². The van der Waals surface area contributed by atoms with Crippen LogP contribution in [0.25, 0.3) is 0 Å². The largest absolute Gasteiger partial charge is 0.480 e. The number of aliphatic carboxylic acids is 1. The summed E-state index contributed by atoms with van der Waals surface area (Å²) in [5.41, 5.74) is 6.05. The minimum absolute atomic E-state index is 0.334. The summed E-state index contributed by atoms with van der Waals surface area (Å²) in [6.07, 6.45) is 0. The van der Waals surface area contributed by atoms with Gasteiger partial charge >= 0.3 is 5.97 Å². The monoisotopic (exact) mass is 304 g/mol. The average molecular weight is 305 g/mol. The van der Waals surface area contributed by atoms with Gasteiger partial charge in [-0.05, 0) is 32.5 Å². The first-order chi connectivity index (χ1) is 8.71. The molecule has 19 heavy (non-hydrogen) atoms. The molecule has 0 aromatic heterocycles. The molecule has 0 bridgehead atoms. The van der Waals surface area contributed by atoms with Crippen LogP contribution in [0.2, 0.25) is 10.0 Å². The summed E-state index contributed by atoms with van der Waals surface area (Å²) in [6.45, 7) is 6.07. The maximum absolute atomic E-state index is 11.3. The van der Waals surface area contributed by atoms with Crippen molar-refractivity contribution in [3.05, 3.63) is 27.7 Å². The highest BCUT2D eigenvalue weighted by Gasteiger charge is 2.34. The van der Waals surface area contributed by atoms with Crippen molar-refractivity contribution < 1.29 is 9.90 Å². The van der Waals surface area contributed by atoms with E-state index in [-0.39, 0.29) is 0 Å². The summed E-state index contributed by atoms with van der Waals surface area (Å²) in [4.78, 5) is 13.1. The second-order valence-corrected chi connectivity index (χ2v) is 5.59. The fourth-order valence-electron chi connectivity index (χ4n) is 1.80. The molecule has 0 aliphatic carbocycles. The predicted octanol–water partition coefficient (Wildman–Crippen LogP) is 3.26. The molecule has 0 fully saturated rings. The van der Waals surface area contributed by atoms with E-state index in [0.717, 1.165) is 0 Å². The lowest BCUT2D eigenvalue weighted by molar-refractivity contribution is -0.149. The van der Waals surface area contributed by atoms with Gasteiger partial charge in [0.15, 0.2) is 0 Å². The summed E-state index contributed by atoms with van der Waals surface area (Å²) < 4.78 is 0. The summed E-state index contributed by atoms with van der Waals surface area (Å²) in [6, 6.07) is 3.30. The number of nitrogens with zero attached hydrogens (tertiary/aromatic N) is 1. The van der Waals surface area contributed by atoms with E-state index in [1.54, 1.807) is 30.9 Å². The van der Waals surface area contributed by atoms with E-state index in [9.17, 15) is 9.90 Å². The molecule has 1 rings (SSSR count). The molecule has 0 atom stereocenters. The lowest BCUT2D eigenvalue weighted by atomic mass is 10.0. The number of carboxylic acid groups (broad SMARTS) is 1. The molecular formula is C13H18Cl2N2O2. The van der Waals surface area contributed by atoms with Crippen molar-refractivity contribution in [2.75, 3.05) is 12.3 Å². The molecule has 0 unspecified atom stereocenters. The summed E-state index contributed by atoms with van der Waals surface area (Å²) >= 11 is 12.1. The van der Waals surface area contributed by atoms with E-state index in [0.29, 0.717) is 34.4 Å². The molecule has 0 spiro atoms. The highest BCUT2D eigenvalue weighted by atomic mass is 35.5. The Kier molecular flexibility index (Phi) is 5.07. The van der Waals surface area contributed by atoms with Crippen LogP contribution >= 0.6 is 23.2 Å². The third kappa shape index (κ3) is 3.32. The van der Waals surface area contributed by atoms with Crippen LogP contribution in [0.5, 0.6) is 0 Å². The van der Waals surface area contributed by atoms with Gasteiger partial charge in [-0.25, -0.2) is 0 Å². The second kappa shape index (κ2) is 5.99. The van der Waals surface area contributed by atoms with Gasteiger partial charge in [-0.1, -0.05) is 30.1 Å². The van der Waals surface area contributed by atoms with Crippen LogP contribution in [0.15, 0.2) is 12.1 Å². The summed E-state index contributed by atoms with van der Waals surface area (Å²) in [7, 11) is 0. The number of rotatable bonds is 5. The van der Waals surface area contributed by atoms with Gasteiger partial charge in [0.25, 0.3) is 0 Å². The number of likely N-dealkylation sites (N-methyl/N-ethyl adjacent to an activating group) is 1. The van der Waals surface area contributed by atoms with E-state index >= 15 is 0 Å². The van der Waals surface area contributed by atoms with Gasteiger partial charge in [-0.3, -0.25) is 9.69 Å². The molecule has 0 saturated carbocycles. The zero-order valence-electron chi connectivity index (χ0n) is 11.2. The van der Waals surface area contributed by atoms with Crippen LogP contribution in [0.1, 0.15) is 26.3 Å². The van der Waals surface area contributed by atoms with Crippen LogP contribution in [0.3, 0.4) is 0 Å². The molecule has 6 heteroatoms. The van der Waals surface area contributed by atoms with Gasteiger partial charge in [0.2, 0.25) is 0 Å². The van der Waals surface area contributed by atoms with Gasteiger partial charge in [-0.15, -0.1) is 0 Å². The Morgan fingerprint density at radius 2 is 2.00 bits per heavy atom. The minimum Gasteiger partial charge on any atom is -0.480 e.